The summed E-state index contributed by atoms with van der Waals surface area (Å²) in [5, 5.41) is 4.00. The van der Waals surface area contributed by atoms with Gasteiger partial charge in [0.05, 0.1) is 0 Å². The minimum absolute atomic E-state index is 0.899. The minimum atomic E-state index is 0.899. The van der Waals surface area contributed by atoms with Gasteiger partial charge in [0.2, 0.25) is 0 Å². The molecule has 2 rings (SSSR count). The summed E-state index contributed by atoms with van der Waals surface area (Å²) in [6, 6.07) is 10.0. The van der Waals surface area contributed by atoms with Gasteiger partial charge in [0.1, 0.15) is 6.33 Å². The normalized spacial score (nSPS) is 10.1. The van der Waals surface area contributed by atoms with Crippen LogP contribution in [0.3, 0.4) is 0 Å². The molecule has 0 N–H and O–H groups in total. The first-order valence-corrected chi connectivity index (χ1v) is 3.77. The molecule has 0 saturated carbocycles. The number of aryl methyl sites for hydroxylation is 1. The van der Waals surface area contributed by atoms with Crippen LogP contribution in [0, 0.1) is 0 Å². The molecular formula is C9H9N3. The molecule has 2 aromatic rings. The Morgan fingerprint density at radius 1 is 1.17 bits per heavy atom. The summed E-state index contributed by atoms with van der Waals surface area (Å²) in [4.78, 5) is 4.14. The number of aromatic nitrogens is 3. The molecular weight excluding hydrogens is 150 g/mol. The highest BCUT2D eigenvalue weighted by Gasteiger charge is 2.00. The highest BCUT2D eigenvalue weighted by Crippen LogP contribution is 2.13. The lowest BCUT2D eigenvalue weighted by Gasteiger charge is -1.97. The zero-order chi connectivity index (χ0) is 8.39. The zero-order valence-corrected chi connectivity index (χ0v) is 6.81. The predicted octanol–water partition coefficient (Wildman–Crippen LogP) is 1.48. The van der Waals surface area contributed by atoms with Gasteiger partial charge in [-0.25, -0.2) is 9.67 Å². The standard InChI is InChI=1S/C9H9N3/c1-12-9(10-7-11-12)8-5-3-2-4-6-8/h2-7H,1H3. The van der Waals surface area contributed by atoms with Crippen molar-refractivity contribution in [1.29, 1.82) is 0 Å². The molecule has 0 fully saturated rings. The van der Waals surface area contributed by atoms with Gasteiger partial charge < -0.3 is 0 Å². The summed E-state index contributed by atoms with van der Waals surface area (Å²) in [6.07, 6.45) is 1.56. The van der Waals surface area contributed by atoms with E-state index in [4.69, 9.17) is 0 Å². The van der Waals surface area contributed by atoms with Crippen molar-refractivity contribution in [3.8, 4) is 11.4 Å². The van der Waals surface area contributed by atoms with Crippen molar-refractivity contribution >= 4 is 0 Å². The molecule has 0 aliphatic carbocycles. The van der Waals surface area contributed by atoms with Gasteiger partial charge in [-0.1, -0.05) is 30.3 Å². The Kier molecular flexibility index (Phi) is 1.63. The monoisotopic (exact) mass is 159 g/mol. The van der Waals surface area contributed by atoms with E-state index in [0.717, 1.165) is 11.4 Å². The van der Waals surface area contributed by atoms with Gasteiger partial charge in [0, 0.05) is 12.6 Å². The number of benzene rings is 1. The predicted molar refractivity (Wildman–Crippen MR) is 46.4 cm³/mol. The summed E-state index contributed by atoms with van der Waals surface area (Å²) < 4.78 is 1.76. The Bertz CT molecular complexity index is 364. The van der Waals surface area contributed by atoms with Crippen LogP contribution in [0.15, 0.2) is 36.7 Å². The summed E-state index contributed by atoms with van der Waals surface area (Å²) in [7, 11) is 1.88. The van der Waals surface area contributed by atoms with E-state index in [1.54, 1.807) is 11.0 Å². The Balaban J connectivity index is 2.51. The summed E-state index contributed by atoms with van der Waals surface area (Å²) in [6.45, 7) is 0. The first-order chi connectivity index (χ1) is 5.88. The maximum atomic E-state index is 4.14. The minimum Gasteiger partial charge on any atom is -0.249 e. The molecule has 3 nitrogen and oxygen atoms in total. The van der Waals surface area contributed by atoms with Crippen LogP contribution in [0.1, 0.15) is 0 Å². The van der Waals surface area contributed by atoms with E-state index in [2.05, 4.69) is 10.1 Å². The summed E-state index contributed by atoms with van der Waals surface area (Å²) in [5.74, 6) is 0.899. The van der Waals surface area contributed by atoms with Crippen molar-refractivity contribution in [2.24, 2.45) is 7.05 Å². The van der Waals surface area contributed by atoms with Gasteiger partial charge in [-0.2, -0.15) is 5.10 Å². The fourth-order valence-electron chi connectivity index (χ4n) is 1.14. The van der Waals surface area contributed by atoms with E-state index in [0.29, 0.717) is 0 Å². The van der Waals surface area contributed by atoms with Gasteiger partial charge in [0.15, 0.2) is 5.82 Å². The molecule has 60 valence electrons. The molecule has 0 atom stereocenters. The van der Waals surface area contributed by atoms with Crippen LogP contribution in [0.25, 0.3) is 11.4 Å². The molecule has 0 saturated heterocycles. The highest BCUT2D eigenvalue weighted by atomic mass is 15.3. The highest BCUT2D eigenvalue weighted by molar-refractivity contribution is 5.54. The number of hydrogen-bond acceptors (Lipinski definition) is 2. The molecule has 0 amide bonds. The maximum Gasteiger partial charge on any atom is 0.157 e. The molecule has 0 aliphatic rings. The summed E-state index contributed by atoms with van der Waals surface area (Å²) >= 11 is 0. The van der Waals surface area contributed by atoms with Crippen LogP contribution in [-0.2, 0) is 7.05 Å². The van der Waals surface area contributed by atoms with Crippen molar-refractivity contribution < 1.29 is 0 Å². The lowest BCUT2D eigenvalue weighted by molar-refractivity contribution is 0.774. The topological polar surface area (TPSA) is 30.7 Å². The van der Waals surface area contributed by atoms with Crippen LogP contribution in [-0.4, -0.2) is 14.8 Å². The summed E-state index contributed by atoms with van der Waals surface area (Å²) in [5.41, 5.74) is 1.09. The lowest BCUT2D eigenvalue weighted by Crippen LogP contribution is -1.93. The molecule has 12 heavy (non-hydrogen) atoms. The Labute approximate surface area is 70.7 Å². The number of hydrogen-bond donors (Lipinski definition) is 0. The van der Waals surface area contributed by atoms with E-state index < -0.39 is 0 Å². The van der Waals surface area contributed by atoms with E-state index in [1.165, 1.54) is 0 Å². The third-order valence-corrected chi connectivity index (χ3v) is 1.74. The SMILES string of the molecule is Cn1ncnc1-c1ccccc1. The molecule has 1 aromatic carbocycles. The molecule has 1 heterocycles. The van der Waals surface area contributed by atoms with Crippen LogP contribution in [0.4, 0.5) is 0 Å². The Morgan fingerprint density at radius 3 is 2.50 bits per heavy atom. The van der Waals surface area contributed by atoms with Gasteiger partial charge >= 0.3 is 0 Å². The zero-order valence-electron chi connectivity index (χ0n) is 6.81. The first kappa shape index (κ1) is 7.03. The Morgan fingerprint density at radius 2 is 1.92 bits per heavy atom. The molecule has 3 heteroatoms. The largest absolute Gasteiger partial charge is 0.249 e. The Hall–Kier alpha value is -1.64. The molecule has 1 aromatic heterocycles. The number of nitrogens with zero attached hydrogens (tertiary/aromatic N) is 3. The fraction of sp³-hybridized carbons (Fsp3) is 0.111. The van der Waals surface area contributed by atoms with Crippen molar-refractivity contribution in [3.63, 3.8) is 0 Å². The fourth-order valence-corrected chi connectivity index (χ4v) is 1.14. The second-order valence-electron chi connectivity index (χ2n) is 2.57. The molecule has 0 radical (unpaired) electrons. The van der Waals surface area contributed by atoms with E-state index in [-0.39, 0.29) is 0 Å². The van der Waals surface area contributed by atoms with Crippen LogP contribution in [0.2, 0.25) is 0 Å². The van der Waals surface area contributed by atoms with E-state index in [9.17, 15) is 0 Å². The third-order valence-electron chi connectivity index (χ3n) is 1.74. The van der Waals surface area contributed by atoms with Gasteiger partial charge in [-0.3, -0.25) is 0 Å². The van der Waals surface area contributed by atoms with Gasteiger partial charge in [-0.05, 0) is 0 Å². The van der Waals surface area contributed by atoms with E-state index in [1.807, 2.05) is 37.4 Å². The quantitative estimate of drug-likeness (QED) is 0.631. The van der Waals surface area contributed by atoms with Crippen LogP contribution in [0.5, 0.6) is 0 Å². The van der Waals surface area contributed by atoms with E-state index >= 15 is 0 Å². The number of rotatable bonds is 1. The first-order valence-electron chi connectivity index (χ1n) is 3.77. The molecule has 0 spiro atoms. The average Bonchev–Trinajstić information content (AvgIpc) is 2.53. The van der Waals surface area contributed by atoms with Crippen molar-refractivity contribution in [2.75, 3.05) is 0 Å². The molecule has 0 aliphatic heterocycles. The lowest BCUT2D eigenvalue weighted by atomic mass is 10.2. The maximum absolute atomic E-state index is 4.14. The second-order valence-corrected chi connectivity index (χ2v) is 2.57. The molecule has 0 unspecified atom stereocenters. The smallest absolute Gasteiger partial charge is 0.157 e. The van der Waals surface area contributed by atoms with Crippen molar-refractivity contribution in [3.05, 3.63) is 36.7 Å². The average molecular weight is 159 g/mol. The molecule has 0 bridgehead atoms. The van der Waals surface area contributed by atoms with Crippen molar-refractivity contribution in [2.45, 2.75) is 0 Å². The second kappa shape index (κ2) is 2.77. The third kappa shape index (κ3) is 1.09. The van der Waals surface area contributed by atoms with Crippen LogP contribution >= 0.6 is 0 Å². The van der Waals surface area contributed by atoms with Crippen molar-refractivity contribution in [1.82, 2.24) is 14.8 Å². The van der Waals surface area contributed by atoms with Gasteiger partial charge in [-0.15, -0.1) is 0 Å². The van der Waals surface area contributed by atoms with Gasteiger partial charge in [0.25, 0.3) is 0 Å². The van der Waals surface area contributed by atoms with Crippen LogP contribution < -0.4 is 0 Å².